The second kappa shape index (κ2) is 13.9. The Labute approximate surface area is 348 Å². The van der Waals surface area contributed by atoms with E-state index in [9.17, 15) is 0 Å². The quantitative estimate of drug-likeness (QED) is 0.149. The minimum atomic E-state index is 1.11. The molecule has 0 saturated carbocycles. The molecule has 0 radical (unpaired) electrons. The number of hydrogen-bond donors (Lipinski definition) is 0. The van der Waals surface area contributed by atoms with Gasteiger partial charge in [-0.1, -0.05) is 170 Å². The van der Waals surface area contributed by atoms with Gasteiger partial charge >= 0.3 is 0 Å². The van der Waals surface area contributed by atoms with Crippen molar-refractivity contribution in [2.24, 2.45) is 0 Å². The smallest absolute Gasteiger partial charge is 0.0540 e. The first kappa shape index (κ1) is 34.1. The van der Waals surface area contributed by atoms with E-state index in [1.807, 2.05) is 0 Å². The molecule has 2 heteroatoms. The third kappa shape index (κ3) is 5.57. The van der Waals surface area contributed by atoms with E-state index in [1.165, 1.54) is 75.8 Å². The van der Waals surface area contributed by atoms with Gasteiger partial charge in [0.25, 0.3) is 0 Å². The van der Waals surface area contributed by atoms with Crippen LogP contribution in [0.15, 0.2) is 231 Å². The molecule has 0 unspecified atom stereocenters. The van der Waals surface area contributed by atoms with Crippen LogP contribution in [0.5, 0.6) is 0 Å². The van der Waals surface area contributed by atoms with Crippen molar-refractivity contribution < 1.29 is 0 Å². The van der Waals surface area contributed by atoms with Crippen molar-refractivity contribution in [2.45, 2.75) is 0 Å². The highest BCUT2D eigenvalue weighted by Crippen LogP contribution is 2.47. The Morgan fingerprint density at radius 3 is 1.38 bits per heavy atom. The van der Waals surface area contributed by atoms with Gasteiger partial charge in [-0.25, -0.2) is 0 Å². The Hall–Kier alpha value is -7.94. The van der Waals surface area contributed by atoms with E-state index >= 15 is 0 Å². The zero-order valence-electron chi connectivity index (χ0n) is 32.8. The van der Waals surface area contributed by atoms with E-state index in [0.29, 0.717) is 0 Å². The van der Waals surface area contributed by atoms with Gasteiger partial charge in [0.05, 0.1) is 11.4 Å². The van der Waals surface area contributed by atoms with Gasteiger partial charge in [-0.3, -0.25) is 0 Å². The second-order valence-electron chi connectivity index (χ2n) is 15.7. The summed E-state index contributed by atoms with van der Waals surface area (Å²) in [5.74, 6) is 0. The molecule has 0 fully saturated rings. The Kier molecular flexibility index (Phi) is 7.89. The summed E-state index contributed by atoms with van der Waals surface area (Å²) in [5, 5.41) is 14.9. The Morgan fingerprint density at radius 2 is 0.700 bits per heavy atom. The average molecular weight is 763 g/mol. The van der Waals surface area contributed by atoms with Crippen molar-refractivity contribution in [1.29, 1.82) is 0 Å². The van der Waals surface area contributed by atoms with Crippen molar-refractivity contribution in [2.75, 3.05) is 9.80 Å². The molecule has 2 nitrogen and oxygen atoms in total. The topological polar surface area (TPSA) is 6.48 Å². The van der Waals surface area contributed by atoms with Crippen molar-refractivity contribution in [3.05, 3.63) is 231 Å². The second-order valence-corrected chi connectivity index (χ2v) is 15.7. The van der Waals surface area contributed by atoms with Gasteiger partial charge < -0.3 is 9.80 Å². The standard InChI is InChI=1S/C58H38N2/c1-2-17-47(18-3-1)59(49-31-21-39-11-4-6-14-45(39)37-49)56-36-28-44-26-34-53-51(33-25-43-27-35-54(56)58(44)57(43)53)42-23-29-48(30-24-42)60(50-32-22-40-12-5-7-15-46(40)38-50)55-20-10-16-41-13-8-9-19-52(41)55/h1-38H. The molecule has 0 aliphatic heterocycles. The van der Waals surface area contributed by atoms with Crippen LogP contribution in [-0.2, 0) is 0 Å². The molecule has 0 aliphatic carbocycles. The van der Waals surface area contributed by atoms with Crippen molar-refractivity contribution >= 4 is 98.8 Å². The maximum Gasteiger partial charge on any atom is 0.0540 e. The summed E-state index contributed by atoms with van der Waals surface area (Å²) >= 11 is 0. The fourth-order valence-corrected chi connectivity index (χ4v) is 9.49. The first-order chi connectivity index (χ1) is 29.7. The van der Waals surface area contributed by atoms with E-state index in [-0.39, 0.29) is 0 Å². The summed E-state index contributed by atoms with van der Waals surface area (Å²) < 4.78 is 0. The maximum absolute atomic E-state index is 2.41. The van der Waals surface area contributed by atoms with Crippen LogP contribution >= 0.6 is 0 Å². The number of hydrogen-bond acceptors (Lipinski definition) is 2. The van der Waals surface area contributed by atoms with E-state index in [4.69, 9.17) is 0 Å². The molecule has 0 bridgehead atoms. The van der Waals surface area contributed by atoms with Crippen LogP contribution in [0.4, 0.5) is 34.1 Å². The zero-order valence-corrected chi connectivity index (χ0v) is 32.8. The van der Waals surface area contributed by atoms with Crippen LogP contribution in [0.2, 0.25) is 0 Å². The van der Waals surface area contributed by atoms with Crippen molar-refractivity contribution in [3.8, 4) is 11.1 Å². The molecule has 0 aromatic heterocycles. The van der Waals surface area contributed by atoms with Crippen molar-refractivity contribution in [3.63, 3.8) is 0 Å². The Balaban J connectivity index is 1.01. The molecule has 60 heavy (non-hydrogen) atoms. The minimum absolute atomic E-state index is 1.11. The van der Waals surface area contributed by atoms with Crippen LogP contribution in [-0.4, -0.2) is 0 Å². The predicted octanol–water partition coefficient (Wildman–Crippen LogP) is 16.7. The van der Waals surface area contributed by atoms with E-state index in [1.54, 1.807) is 0 Å². The lowest BCUT2D eigenvalue weighted by Crippen LogP contribution is -2.10. The van der Waals surface area contributed by atoms with E-state index in [2.05, 4.69) is 240 Å². The normalized spacial score (nSPS) is 11.7. The summed E-state index contributed by atoms with van der Waals surface area (Å²) in [6.45, 7) is 0. The summed E-state index contributed by atoms with van der Waals surface area (Å²) in [6, 6.07) is 84.4. The highest BCUT2D eigenvalue weighted by molar-refractivity contribution is 6.28. The molecule has 0 atom stereocenters. The molecule has 0 amide bonds. The highest BCUT2D eigenvalue weighted by atomic mass is 15.1. The molecule has 12 aromatic rings. The third-order valence-corrected chi connectivity index (χ3v) is 12.3. The highest BCUT2D eigenvalue weighted by Gasteiger charge is 2.21. The number of rotatable bonds is 7. The van der Waals surface area contributed by atoms with Gasteiger partial charge in [0.2, 0.25) is 0 Å². The molecular weight excluding hydrogens is 725 g/mol. The lowest BCUT2D eigenvalue weighted by atomic mass is 9.89. The van der Waals surface area contributed by atoms with Crippen molar-refractivity contribution in [1.82, 2.24) is 0 Å². The number of nitrogens with zero attached hydrogens (tertiary/aromatic N) is 2. The molecular formula is C58H38N2. The molecule has 12 rings (SSSR count). The summed E-state index contributed by atoms with van der Waals surface area (Å²) in [6.07, 6.45) is 0. The van der Waals surface area contributed by atoms with Crippen LogP contribution in [0.3, 0.4) is 0 Å². The summed E-state index contributed by atoms with van der Waals surface area (Å²) in [4.78, 5) is 4.81. The molecule has 12 aromatic carbocycles. The van der Waals surface area contributed by atoms with E-state index in [0.717, 1.165) is 34.1 Å². The van der Waals surface area contributed by atoms with E-state index < -0.39 is 0 Å². The predicted molar refractivity (Wildman–Crippen MR) is 257 cm³/mol. The summed E-state index contributed by atoms with van der Waals surface area (Å²) in [5.41, 5.74) is 9.24. The molecule has 0 N–H and O–H groups in total. The molecule has 0 heterocycles. The Morgan fingerprint density at radius 1 is 0.233 bits per heavy atom. The third-order valence-electron chi connectivity index (χ3n) is 12.3. The average Bonchev–Trinajstić information content (AvgIpc) is 3.32. The van der Waals surface area contributed by atoms with Gasteiger partial charge in [-0.05, 0) is 126 Å². The maximum atomic E-state index is 2.41. The number of anilines is 6. The fourth-order valence-electron chi connectivity index (χ4n) is 9.49. The van der Waals surface area contributed by atoms with Crippen LogP contribution < -0.4 is 9.80 Å². The minimum Gasteiger partial charge on any atom is -0.310 e. The van der Waals surface area contributed by atoms with Gasteiger partial charge in [0.1, 0.15) is 0 Å². The number of benzene rings is 12. The molecule has 280 valence electrons. The van der Waals surface area contributed by atoms with Gasteiger partial charge in [-0.2, -0.15) is 0 Å². The molecule has 0 spiro atoms. The fraction of sp³-hybridized carbons (Fsp3) is 0. The number of para-hydroxylation sites is 1. The monoisotopic (exact) mass is 762 g/mol. The molecule has 0 aliphatic rings. The number of fused-ring (bicyclic) bond motifs is 3. The largest absolute Gasteiger partial charge is 0.310 e. The lowest BCUT2D eigenvalue weighted by molar-refractivity contribution is 1.30. The summed E-state index contributed by atoms with van der Waals surface area (Å²) in [7, 11) is 0. The molecule has 0 saturated heterocycles. The van der Waals surface area contributed by atoms with Crippen LogP contribution in [0.1, 0.15) is 0 Å². The SMILES string of the molecule is c1ccc(N(c2ccc3ccccc3c2)c2ccc3ccc4c(-c5ccc(N(c6ccc7ccccc7c6)c6cccc7ccccc67)cc5)ccc5ccc2c3c54)cc1. The van der Waals surface area contributed by atoms with Crippen LogP contribution in [0.25, 0.3) is 75.8 Å². The Bertz CT molecular complexity index is 3550. The first-order valence-electron chi connectivity index (χ1n) is 20.7. The van der Waals surface area contributed by atoms with Crippen LogP contribution in [0, 0.1) is 0 Å². The lowest BCUT2D eigenvalue weighted by Gasteiger charge is -2.28. The zero-order chi connectivity index (χ0) is 39.6. The first-order valence-corrected chi connectivity index (χ1v) is 20.7. The van der Waals surface area contributed by atoms with Gasteiger partial charge in [-0.15, -0.1) is 0 Å². The van der Waals surface area contributed by atoms with Gasteiger partial charge in [0.15, 0.2) is 0 Å². The van der Waals surface area contributed by atoms with Gasteiger partial charge in [0, 0.05) is 33.5 Å².